The average molecular weight is 420 g/mol. The summed E-state index contributed by atoms with van der Waals surface area (Å²) >= 11 is 3.41. The smallest absolute Gasteiger partial charge is 0.310 e. The van der Waals surface area contributed by atoms with E-state index in [4.69, 9.17) is 4.74 Å². The highest BCUT2D eigenvalue weighted by atomic mass is 79.9. The number of hydrogen-bond donors (Lipinski definition) is 3. The summed E-state index contributed by atoms with van der Waals surface area (Å²) in [6.45, 7) is 3.41. The van der Waals surface area contributed by atoms with Gasteiger partial charge in [0.05, 0.1) is 19.0 Å². The third-order valence-corrected chi connectivity index (χ3v) is 4.80. The van der Waals surface area contributed by atoms with Crippen molar-refractivity contribution in [2.24, 2.45) is 0 Å². The number of pyridine rings is 1. The summed E-state index contributed by atoms with van der Waals surface area (Å²) < 4.78 is 6.76. The SMILES string of the molecule is COC(=O)Cc1cc(Nn2c(O)c(C)c(C)c2O)nc2cc(Br)ccc12. The summed E-state index contributed by atoms with van der Waals surface area (Å²) in [6.07, 6.45) is 0.0769. The highest BCUT2D eigenvalue weighted by Gasteiger charge is 2.18. The van der Waals surface area contributed by atoms with Gasteiger partial charge >= 0.3 is 5.97 Å². The minimum Gasteiger partial charge on any atom is -0.493 e. The number of nitrogens with zero attached hydrogens (tertiary/aromatic N) is 2. The van der Waals surface area contributed by atoms with E-state index in [1.807, 2.05) is 18.2 Å². The first kappa shape index (κ1) is 18.1. The van der Waals surface area contributed by atoms with Gasteiger partial charge in [-0.05, 0) is 37.6 Å². The van der Waals surface area contributed by atoms with Crippen molar-refractivity contribution in [3.05, 3.63) is 45.4 Å². The number of halogens is 1. The van der Waals surface area contributed by atoms with E-state index in [-0.39, 0.29) is 24.2 Å². The second-order valence-corrected chi connectivity index (χ2v) is 6.84. The minimum atomic E-state index is -0.371. The molecule has 0 aliphatic rings. The molecule has 3 aromatic rings. The van der Waals surface area contributed by atoms with E-state index in [0.717, 1.165) is 20.1 Å². The summed E-state index contributed by atoms with van der Waals surface area (Å²) in [5, 5.41) is 21.2. The number of esters is 1. The van der Waals surface area contributed by atoms with E-state index >= 15 is 0 Å². The normalized spacial score (nSPS) is 10.9. The zero-order valence-electron chi connectivity index (χ0n) is 14.5. The van der Waals surface area contributed by atoms with Crippen LogP contribution < -0.4 is 5.43 Å². The Labute approximate surface area is 158 Å². The number of nitrogens with one attached hydrogen (secondary N) is 1. The largest absolute Gasteiger partial charge is 0.493 e. The lowest BCUT2D eigenvalue weighted by molar-refractivity contribution is -0.139. The van der Waals surface area contributed by atoms with Gasteiger partial charge in [-0.2, -0.15) is 4.68 Å². The van der Waals surface area contributed by atoms with Crippen LogP contribution in [0.25, 0.3) is 10.9 Å². The molecule has 0 saturated carbocycles. The molecule has 7 nitrogen and oxygen atoms in total. The molecule has 0 radical (unpaired) electrons. The van der Waals surface area contributed by atoms with Crippen LogP contribution in [0.2, 0.25) is 0 Å². The Hall–Kier alpha value is -2.74. The molecule has 0 amide bonds. The van der Waals surface area contributed by atoms with Gasteiger partial charge in [0, 0.05) is 21.0 Å². The number of aromatic nitrogens is 2. The fraction of sp³-hybridized carbons (Fsp3) is 0.222. The fourth-order valence-corrected chi connectivity index (χ4v) is 3.05. The van der Waals surface area contributed by atoms with Crippen molar-refractivity contribution in [3.63, 3.8) is 0 Å². The standard InChI is InChI=1S/C18H18BrN3O4/c1-9-10(2)18(25)22(17(9)24)21-15-6-11(7-16(23)26-3)13-5-4-12(19)8-14(13)20-15/h4-6,8,24-25H,7H2,1-3H3,(H,20,21). The summed E-state index contributed by atoms with van der Waals surface area (Å²) in [5.41, 5.74) is 5.38. The lowest BCUT2D eigenvalue weighted by Gasteiger charge is -2.13. The van der Waals surface area contributed by atoms with Crippen LogP contribution in [0.4, 0.5) is 5.82 Å². The van der Waals surface area contributed by atoms with Crippen LogP contribution in [0, 0.1) is 13.8 Å². The Morgan fingerprint density at radius 3 is 2.50 bits per heavy atom. The molecule has 136 valence electrons. The van der Waals surface area contributed by atoms with Crippen molar-refractivity contribution in [2.45, 2.75) is 20.3 Å². The maximum atomic E-state index is 11.8. The second kappa shape index (κ2) is 6.87. The number of ether oxygens (including phenoxy) is 1. The molecule has 0 aliphatic heterocycles. The monoisotopic (exact) mass is 419 g/mol. The fourth-order valence-electron chi connectivity index (χ4n) is 2.70. The number of aromatic hydroxyl groups is 2. The number of rotatable bonds is 4. The van der Waals surface area contributed by atoms with E-state index in [1.54, 1.807) is 19.9 Å². The second-order valence-electron chi connectivity index (χ2n) is 5.93. The molecule has 0 atom stereocenters. The lowest BCUT2D eigenvalue weighted by Crippen LogP contribution is -2.11. The Morgan fingerprint density at radius 2 is 1.88 bits per heavy atom. The van der Waals surface area contributed by atoms with Crippen molar-refractivity contribution in [1.29, 1.82) is 0 Å². The van der Waals surface area contributed by atoms with Gasteiger partial charge in [0.2, 0.25) is 11.8 Å². The van der Waals surface area contributed by atoms with Gasteiger partial charge in [-0.15, -0.1) is 0 Å². The number of methoxy groups -OCH3 is 1. The van der Waals surface area contributed by atoms with Crippen LogP contribution in [-0.4, -0.2) is 33.0 Å². The number of fused-ring (bicyclic) bond motifs is 1. The molecule has 26 heavy (non-hydrogen) atoms. The number of carbonyl (C=O) groups excluding carboxylic acids is 1. The Morgan fingerprint density at radius 1 is 1.23 bits per heavy atom. The third kappa shape index (κ3) is 3.20. The summed E-state index contributed by atoms with van der Waals surface area (Å²) in [7, 11) is 1.34. The maximum Gasteiger partial charge on any atom is 0.310 e. The van der Waals surface area contributed by atoms with Crippen LogP contribution in [0.5, 0.6) is 11.8 Å². The lowest BCUT2D eigenvalue weighted by atomic mass is 10.1. The van der Waals surface area contributed by atoms with Gasteiger partial charge in [-0.25, -0.2) is 4.98 Å². The summed E-state index contributed by atoms with van der Waals surface area (Å²) in [4.78, 5) is 16.3. The quantitative estimate of drug-likeness (QED) is 0.560. The summed E-state index contributed by atoms with van der Waals surface area (Å²) in [5.74, 6) is -0.212. The van der Waals surface area contributed by atoms with Crippen molar-refractivity contribution in [1.82, 2.24) is 9.66 Å². The van der Waals surface area contributed by atoms with E-state index in [1.165, 1.54) is 7.11 Å². The molecule has 1 aromatic carbocycles. The first-order valence-corrected chi connectivity index (χ1v) is 8.64. The van der Waals surface area contributed by atoms with Crippen LogP contribution in [0.15, 0.2) is 28.7 Å². The van der Waals surface area contributed by atoms with Gasteiger partial charge in [0.1, 0.15) is 5.82 Å². The first-order valence-electron chi connectivity index (χ1n) is 7.84. The molecule has 0 aliphatic carbocycles. The van der Waals surface area contributed by atoms with Gasteiger partial charge in [0.25, 0.3) is 0 Å². The molecular weight excluding hydrogens is 402 g/mol. The van der Waals surface area contributed by atoms with Crippen LogP contribution in [0.3, 0.4) is 0 Å². The van der Waals surface area contributed by atoms with Gasteiger partial charge in [-0.1, -0.05) is 22.0 Å². The van der Waals surface area contributed by atoms with Crippen molar-refractivity contribution < 1.29 is 19.7 Å². The Kier molecular flexibility index (Phi) is 4.78. The molecule has 0 bridgehead atoms. The third-order valence-electron chi connectivity index (χ3n) is 4.30. The molecular formula is C18H18BrN3O4. The van der Waals surface area contributed by atoms with Crippen molar-refractivity contribution >= 4 is 38.6 Å². The Bertz CT molecular complexity index is 988. The molecule has 2 aromatic heterocycles. The predicted molar refractivity (Wildman–Crippen MR) is 101 cm³/mol. The van der Waals surface area contributed by atoms with E-state index in [9.17, 15) is 15.0 Å². The molecule has 3 N–H and O–H groups in total. The van der Waals surface area contributed by atoms with Crippen LogP contribution in [-0.2, 0) is 16.0 Å². The number of benzene rings is 1. The van der Waals surface area contributed by atoms with Gasteiger partial charge in [0.15, 0.2) is 0 Å². The zero-order chi connectivity index (χ0) is 19.0. The molecule has 0 spiro atoms. The van der Waals surface area contributed by atoms with Gasteiger partial charge in [-0.3, -0.25) is 10.2 Å². The highest BCUT2D eigenvalue weighted by molar-refractivity contribution is 9.10. The molecule has 0 fully saturated rings. The molecule has 3 rings (SSSR count). The molecule has 0 unspecified atom stereocenters. The van der Waals surface area contributed by atoms with Crippen LogP contribution in [0.1, 0.15) is 16.7 Å². The van der Waals surface area contributed by atoms with Crippen molar-refractivity contribution in [3.8, 4) is 11.8 Å². The number of anilines is 1. The molecule has 0 saturated heterocycles. The maximum absolute atomic E-state index is 11.8. The van der Waals surface area contributed by atoms with E-state index in [2.05, 4.69) is 26.3 Å². The number of hydrogen-bond acceptors (Lipinski definition) is 6. The summed E-state index contributed by atoms with van der Waals surface area (Å²) in [6, 6.07) is 7.26. The molecule has 8 heteroatoms. The van der Waals surface area contributed by atoms with Gasteiger partial charge < -0.3 is 14.9 Å². The topological polar surface area (TPSA) is 96.6 Å². The van der Waals surface area contributed by atoms with E-state index < -0.39 is 0 Å². The number of carbonyl (C=O) groups is 1. The average Bonchev–Trinajstić information content (AvgIpc) is 2.79. The molecule has 2 heterocycles. The first-order chi connectivity index (χ1) is 12.3. The Balaban J connectivity index is 2.11. The van der Waals surface area contributed by atoms with E-state index in [0.29, 0.717) is 22.5 Å². The van der Waals surface area contributed by atoms with Crippen LogP contribution >= 0.6 is 15.9 Å². The van der Waals surface area contributed by atoms with Crippen molar-refractivity contribution in [2.75, 3.05) is 12.5 Å². The highest BCUT2D eigenvalue weighted by Crippen LogP contribution is 2.32. The predicted octanol–water partition coefficient (Wildman–Crippen LogP) is 3.42. The minimum absolute atomic E-state index is 0.0769. The zero-order valence-corrected chi connectivity index (χ0v) is 16.1.